The molecule has 5 atom stereocenters. The maximum atomic E-state index is 10.4. The number of piperidine rings is 1. The van der Waals surface area contributed by atoms with Gasteiger partial charge in [-0.1, -0.05) is 18.2 Å². The summed E-state index contributed by atoms with van der Waals surface area (Å²) in [5.41, 5.74) is 2.00. The number of aliphatic hydroxyl groups excluding tert-OH is 2. The number of phenolic OH excluding ortho intramolecular Hbond substituents is 1. The first-order chi connectivity index (χ1) is 10.7. The van der Waals surface area contributed by atoms with Gasteiger partial charge in [-0.15, -0.1) is 0 Å². The zero-order chi connectivity index (χ0) is 15.1. The second-order valence-electron chi connectivity index (χ2n) is 6.90. The zero-order valence-corrected chi connectivity index (χ0v) is 12.1. The van der Waals surface area contributed by atoms with E-state index in [1.807, 2.05) is 12.1 Å². The van der Waals surface area contributed by atoms with E-state index >= 15 is 0 Å². The molecule has 2 aliphatic heterocycles. The van der Waals surface area contributed by atoms with E-state index in [-0.39, 0.29) is 36.0 Å². The van der Waals surface area contributed by atoms with E-state index in [9.17, 15) is 15.3 Å². The van der Waals surface area contributed by atoms with Gasteiger partial charge in [-0.3, -0.25) is 4.90 Å². The molecule has 0 aromatic heterocycles. The van der Waals surface area contributed by atoms with E-state index < -0.39 is 6.10 Å². The molecule has 1 aromatic carbocycles. The number of ether oxygens (including phenoxy) is 1. The Morgan fingerprint density at radius 1 is 1.32 bits per heavy atom. The number of likely N-dealkylation sites (tertiary alicyclic amines) is 1. The number of benzene rings is 1. The summed E-state index contributed by atoms with van der Waals surface area (Å²) in [6, 6.07) is 3.87. The SMILES string of the molecule is OCN1CC[C@@]23c4c5ccc(O)c4O[C@H]2[C@H](O)C=C[C@H]3[C@@H]1C5. The summed E-state index contributed by atoms with van der Waals surface area (Å²) in [4.78, 5) is 2.11. The average molecular weight is 301 g/mol. The highest BCUT2D eigenvalue weighted by Crippen LogP contribution is 2.62. The molecular formula is C17H19NO4. The lowest BCUT2D eigenvalue weighted by Gasteiger charge is -2.56. The maximum Gasteiger partial charge on any atom is 0.165 e. The van der Waals surface area contributed by atoms with Crippen LogP contribution in [0.1, 0.15) is 17.5 Å². The number of aliphatic hydroxyl groups is 2. The molecule has 4 aliphatic rings. The van der Waals surface area contributed by atoms with Crippen molar-refractivity contribution in [3.05, 3.63) is 35.4 Å². The van der Waals surface area contributed by atoms with Gasteiger partial charge in [0.15, 0.2) is 11.5 Å². The number of hydrogen-bond donors (Lipinski definition) is 3. The van der Waals surface area contributed by atoms with Crippen molar-refractivity contribution in [1.82, 2.24) is 4.90 Å². The van der Waals surface area contributed by atoms with Gasteiger partial charge in [0.25, 0.3) is 0 Å². The molecule has 5 heteroatoms. The Morgan fingerprint density at radius 2 is 2.18 bits per heavy atom. The van der Waals surface area contributed by atoms with Crippen molar-refractivity contribution in [2.75, 3.05) is 13.3 Å². The van der Waals surface area contributed by atoms with Gasteiger partial charge in [0.1, 0.15) is 12.2 Å². The first kappa shape index (κ1) is 12.9. The molecule has 1 saturated heterocycles. The van der Waals surface area contributed by atoms with Gasteiger partial charge in [-0.05, 0) is 24.5 Å². The quantitative estimate of drug-likeness (QED) is 0.660. The van der Waals surface area contributed by atoms with E-state index in [0.717, 1.165) is 24.9 Å². The Bertz CT molecular complexity index is 687. The molecule has 2 heterocycles. The minimum Gasteiger partial charge on any atom is -0.504 e. The highest BCUT2D eigenvalue weighted by molar-refractivity contribution is 5.61. The minimum absolute atomic E-state index is 0.0550. The van der Waals surface area contributed by atoms with Crippen LogP contribution >= 0.6 is 0 Å². The first-order valence-corrected chi connectivity index (χ1v) is 7.90. The Hall–Kier alpha value is -1.56. The molecule has 2 bridgehead atoms. The molecule has 2 aliphatic carbocycles. The van der Waals surface area contributed by atoms with Crippen molar-refractivity contribution in [2.45, 2.75) is 36.5 Å². The molecule has 5 rings (SSSR count). The first-order valence-electron chi connectivity index (χ1n) is 7.90. The second-order valence-corrected chi connectivity index (χ2v) is 6.90. The Morgan fingerprint density at radius 3 is 3.00 bits per heavy atom. The Kier molecular flexibility index (Phi) is 2.38. The fourth-order valence-electron chi connectivity index (χ4n) is 5.31. The molecule has 116 valence electrons. The predicted octanol–water partition coefficient (Wildman–Crippen LogP) is 0.518. The monoisotopic (exact) mass is 301 g/mol. The minimum atomic E-state index is -0.657. The summed E-state index contributed by atoms with van der Waals surface area (Å²) in [5.74, 6) is 0.931. The van der Waals surface area contributed by atoms with Crippen molar-refractivity contribution < 1.29 is 20.1 Å². The number of nitrogens with zero attached hydrogens (tertiary/aromatic N) is 1. The van der Waals surface area contributed by atoms with Crippen LogP contribution in [0.3, 0.4) is 0 Å². The highest BCUT2D eigenvalue weighted by Gasteiger charge is 2.64. The van der Waals surface area contributed by atoms with E-state index in [0.29, 0.717) is 5.75 Å². The van der Waals surface area contributed by atoms with Crippen LogP contribution in [0.25, 0.3) is 0 Å². The van der Waals surface area contributed by atoms with E-state index in [2.05, 4.69) is 11.0 Å². The Labute approximate surface area is 128 Å². The van der Waals surface area contributed by atoms with Crippen LogP contribution in [0.2, 0.25) is 0 Å². The smallest absolute Gasteiger partial charge is 0.165 e. The van der Waals surface area contributed by atoms with Gasteiger partial charge in [-0.2, -0.15) is 0 Å². The summed E-state index contributed by atoms with van der Waals surface area (Å²) >= 11 is 0. The highest BCUT2D eigenvalue weighted by atomic mass is 16.5. The van der Waals surface area contributed by atoms with Gasteiger partial charge in [0, 0.05) is 29.5 Å². The molecule has 1 spiro atoms. The molecule has 5 nitrogen and oxygen atoms in total. The molecule has 0 radical (unpaired) electrons. The number of hydrogen-bond acceptors (Lipinski definition) is 5. The average Bonchev–Trinajstić information content (AvgIpc) is 2.87. The van der Waals surface area contributed by atoms with Crippen LogP contribution in [0.4, 0.5) is 0 Å². The summed E-state index contributed by atoms with van der Waals surface area (Å²) in [6.45, 7) is 0.839. The van der Waals surface area contributed by atoms with Gasteiger partial charge in [0.05, 0.1) is 6.73 Å². The van der Waals surface area contributed by atoms with Crippen LogP contribution in [0.15, 0.2) is 24.3 Å². The maximum absolute atomic E-state index is 10.4. The third kappa shape index (κ3) is 1.27. The van der Waals surface area contributed by atoms with E-state index in [1.54, 1.807) is 6.07 Å². The summed E-state index contributed by atoms with van der Waals surface area (Å²) < 4.78 is 6.06. The van der Waals surface area contributed by atoms with Gasteiger partial charge < -0.3 is 20.1 Å². The van der Waals surface area contributed by atoms with Crippen molar-refractivity contribution in [2.24, 2.45) is 5.92 Å². The van der Waals surface area contributed by atoms with Gasteiger partial charge in [-0.25, -0.2) is 0 Å². The molecule has 0 saturated carbocycles. The lowest BCUT2D eigenvalue weighted by atomic mass is 9.53. The van der Waals surface area contributed by atoms with Gasteiger partial charge in [0.2, 0.25) is 0 Å². The summed E-state index contributed by atoms with van der Waals surface area (Å²) in [5, 5.41) is 30.4. The fourth-order valence-corrected chi connectivity index (χ4v) is 5.31. The number of phenols is 1. The number of rotatable bonds is 1. The molecule has 0 unspecified atom stereocenters. The van der Waals surface area contributed by atoms with Crippen LogP contribution in [-0.4, -0.2) is 51.7 Å². The Balaban J connectivity index is 1.80. The molecule has 1 fully saturated rings. The number of aromatic hydroxyl groups is 1. The van der Waals surface area contributed by atoms with E-state index in [4.69, 9.17) is 4.74 Å². The molecule has 22 heavy (non-hydrogen) atoms. The largest absolute Gasteiger partial charge is 0.504 e. The van der Waals surface area contributed by atoms with Crippen molar-refractivity contribution in [3.63, 3.8) is 0 Å². The second kappa shape index (κ2) is 4.04. The topological polar surface area (TPSA) is 73.2 Å². The van der Waals surface area contributed by atoms with Gasteiger partial charge >= 0.3 is 0 Å². The van der Waals surface area contributed by atoms with E-state index in [1.165, 1.54) is 5.56 Å². The zero-order valence-electron chi connectivity index (χ0n) is 12.1. The van der Waals surface area contributed by atoms with Crippen LogP contribution in [0.5, 0.6) is 11.5 Å². The third-order valence-corrected chi connectivity index (χ3v) is 6.17. The lowest BCUT2D eigenvalue weighted by molar-refractivity contribution is -0.0712. The van der Waals surface area contributed by atoms with Crippen molar-refractivity contribution in [3.8, 4) is 11.5 Å². The van der Waals surface area contributed by atoms with Crippen molar-refractivity contribution >= 4 is 0 Å². The molecule has 3 N–H and O–H groups in total. The summed E-state index contributed by atoms with van der Waals surface area (Å²) in [6.07, 6.45) is 4.58. The molecule has 1 aromatic rings. The van der Waals surface area contributed by atoms with Crippen LogP contribution < -0.4 is 4.74 Å². The predicted molar refractivity (Wildman–Crippen MR) is 78.7 cm³/mol. The normalized spacial score (nSPS) is 41.2. The standard InChI is InChI=1S/C17H19NO4/c19-8-18-6-5-17-10-2-4-13(21)16(17)22-15-12(20)3-1-9(14(15)17)7-11(10)18/h1-4,10-11,13,16,19-21H,5-8H2/t10-,11-,13+,16-,17+/m0/s1. The lowest BCUT2D eigenvalue weighted by Crippen LogP contribution is -2.65. The van der Waals surface area contributed by atoms with Crippen LogP contribution in [-0.2, 0) is 11.8 Å². The van der Waals surface area contributed by atoms with Crippen LogP contribution in [0, 0.1) is 5.92 Å². The molecular weight excluding hydrogens is 282 g/mol. The third-order valence-electron chi connectivity index (χ3n) is 6.17. The van der Waals surface area contributed by atoms with Crippen molar-refractivity contribution in [1.29, 1.82) is 0 Å². The summed E-state index contributed by atoms with van der Waals surface area (Å²) in [7, 11) is 0. The fraction of sp³-hybridized carbons (Fsp3) is 0.529. The molecule has 0 amide bonds.